The number of amides is 7. The number of rotatable bonds is 14. The highest BCUT2D eigenvalue weighted by Gasteiger charge is 2.36. The van der Waals surface area contributed by atoms with Crippen molar-refractivity contribution in [2.75, 3.05) is 26.8 Å². The molecule has 0 saturated carbocycles. The number of hydrogen-bond donors (Lipinski definition) is 10. The SMILES string of the molecule is CCC(C)C(NC(=O)C(O)CNC=O)C(=O)NC1CNC(=Cc2c[nH]c3ccccc23)NC(=O)C=Cc2csc(n2)C(COC)NC(=O)C(=O)C(C(C)CC)NC(=O)C(C)NC1=O. The zero-order valence-electron chi connectivity index (χ0n) is 35.9. The molecule has 63 heavy (non-hydrogen) atoms. The number of aromatic amines is 1. The molecule has 1 aliphatic rings. The molecule has 0 saturated heterocycles. The number of nitrogens with one attached hydrogen (secondary N) is 9. The molecule has 20 nitrogen and oxygen atoms in total. The summed E-state index contributed by atoms with van der Waals surface area (Å²) in [5.41, 5.74) is 1.82. The van der Waals surface area contributed by atoms with Crippen molar-refractivity contribution in [3.8, 4) is 0 Å². The Morgan fingerprint density at radius 1 is 1.02 bits per heavy atom. The van der Waals surface area contributed by atoms with Gasteiger partial charge in [-0.1, -0.05) is 58.7 Å². The number of aliphatic hydroxyl groups is 1. The molecule has 8 unspecified atom stereocenters. The van der Waals surface area contributed by atoms with Gasteiger partial charge in [0.05, 0.1) is 24.9 Å². The standard InChI is InChI=1S/C42H56N10O10S/c1-7-22(3)34-36(56)41(61)49-30(19-62-6)42-47-26(20-63-42)13-14-33(55)50-32(15-25-16-44-28-12-10-9-11-27(25)28)45-17-29(38(58)46-24(5)37(57)51-34)48-40(60)35(23(4)8-2)52-39(59)31(54)18-43-21-53/h9-16,20-24,29-31,34-35,44-45,54H,7-8,17-19H2,1-6H3,(H,43,53)(H,46,58)(H,48,60)(H,49,61)(H,50,55)(H,51,57)(H,52,59). The lowest BCUT2D eigenvalue weighted by molar-refractivity contribution is -0.142. The molecule has 0 radical (unpaired) electrons. The largest absolute Gasteiger partial charge is 0.382 e. The van der Waals surface area contributed by atoms with E-state index in [0.717, 1.165) is 10.9 Å². The highest BCUT2D eigenvalue weighted by molar-refractivity contribution is 7.09. The molecule has 10 N–H and O–H groups in total. The molecule has 4 rings (SSSR count). The molecule has 8 atom stereocenters. The Morgan fingerprint density at radius 2 is 1.76 bits per heavy atom. The fraction of sp³-hybridized carbons (Fsp3) is 0.452. The van der Waals surface area contributed by atoms with Crippen LogP contribution in [0, 0.1) is 11.8 Å². The second kappa shape index (κ2) is 23.7. The van der Waals surface area contributed by atoms with Crippen molar-refractivity contribution in [3.05, 3.63) is 64.0 Å². The number of H-pyrrole nitrogens is 1. The summed E-state index contributed by atoms with van der Waals surface area (Å²) in [5, 5.41) is 34.1. The average molecular weight is 893 g/mol. The monoisotopic (exact) mass is 892 g/mol. The van der Waals surface area contributed by atoms with Crippen LogP contribution in [-0.4, -0.2) is 120 Å². The predicted octanol–water partition coefficient (Wildman–Crippen LogP) is -0.113. The summed E-state index contributed by atoms with van der Waals surface area (Å²) in [6, 6.07) is 1.19. The Labute approximate surface area is 368 Å². The lowest BCUT2D eigenvalue weighted by atomic mass is 9.94. The van der Waals surface area contributed by atoms with Crippen LogP contribution in [0.3, 0.4) is 0 Å². The van der Waals surface area contributed by atoms with Gasteiger partial charge in [-0.2, -0.15) is 0 Å². The van der Waals surface area contributed by atoms with E-state index in [1.54, 1.807) is 45.3 Å². The number of nitrogens with zero attached hydrogens (tertiary/aromatic N) is 1. The second-order valence-electron chi connectivity index (χ2n) is 15.1. The van der Waals surface area contributed by atoms with E-state index in [9.17, 15) is 43.5 Å². The van der Waals surface area contributed by atoms with Crippen LogP contribution in [0.2, 0.25) is 0 Å². The van der Waals surface area contributed by atoms with Gasteiger partial charge in [-0.05, 0) is 37.0 Å². The maximum Gasteiger partial charge on any atom is 0.290 e. The van der Waals surface area contributed by atoms with Gasteiger partial charge in [0, 0.05) is 47.8 Å². The number of carbonyl (C=O) groups is 8. The number of aromatic nitrogens is 2. The molecular formula is C42H56N10O10S. The minimum absolute atomic E-state index is 0.0454. The summed E-state index contributed by atoms with van der Waals surface area (Å²) < 4.78 is 5.31. The number of hydrogen-bond acceptors (Lipinski definition) is 13. The van der Waals surface area contributed by atoms with E-state index >= 15 is 0 Å². The fourth-order valence-corrected chi connectivity index (χ4v) is 7.15. The topological polar surface area (TPSA) is 291 Å². The molecule has 2 bridgehead atoms. The molecule has 3 aromatic rings. The minimum atomic E-state index is -1.69. The number of benzene rings is 1. The number of aliphatic hydroxyl groups excluding tert-OH is 1. The highest BCUT2D eigenvalue weighted by Crippen LogP contribution is 2.22. The van der Waals surface area contributed by atoms with Crippen LogP contribution in [0.25, 0.3) is 23.1 Å². The number of Topliss-reactive ketones (excluding diaryl/α,β-unsaturated/α-hetero) is 1. The smallest absolute Gasteiger partial charge is 0.290 e. The Kier molecular flexibility index (Phi) is 18.5. The first kappa shape index (κ1) is 49.2. The van der Waals surface area contributed by atoms with Gasteiger partial charge < -0.3 is 57.4 Å². The average Bonchev–Trinajstić information content (AvgIpc) is 3.92. The highest BCUT2D eigenvalue weighted by atomic mass is 32.1. The zero-order chi connectivity index (χ0) is 46.2. The number of thiazole rings is 1. The molecule has 2 aromatic heterocycles. The number of ether oxygens (including phenoxy) is 1. The van der Waals surface area contributed by atoms with Crippen molar-refractivity contribution in [2.24, 2.45) is 11.8 Å². The van der Waals surface area contributed by atoms with Crippen LogP contribution in [-0.2, 0) is 43.1 Å². The van der Waals surface area contributed by atoms with E-state index in [1.165, 1.54) is 37.5 Å². The van der Waals surface area contributed by atoms with Crippen LogP contribution in [0.1, 0.15) is 69.8 Å². The van der Waals surface area contributed by atoms with E-state index in [2.05, 4.69) is 52.5 Å². The number of methoxy groups -OCH3 is 1. The fourth-order valence-electron chi connectivity index (χ4n) is 6.33. The van der Waals surface area contributed by atoms with Crippen molar-refractivity contribution >= 4 is 82.0 Å². The first-order valence-corrected chi connectivity index (χ1v) is 21.3. The van der Waals surface area contributed by atoms with Crippen molar-refractivity contribution in [3.63, 3.8) is 0 Å². The van der Waals surface area contributed by atoms with E-state index in [4.69, 9.17) is 4.74 Å². The van der Waals surface area contributed by atoms with E-state index in [1.807, 2.05) is 24.3 Å². The Bertz CT molecular complexity index is 2190. The molecule has 1 aromatic carbocycles. The Balaban J connectivity index is 1.77. The van der Waals surface area contributed by atoms with Gasteiger partial charge >= 0.3 is 0 Å². The third-order valence-corrected chi connectivity index (χ3v) is 11.4. The maximum absolute atomic E-state index is 14.2. The number of ketones is 1. The third-order valence-electron chi connectivity index (χ3n) is 10.4. The maximum atomic E-state index is 14.2. The molecule has 0 spiro atoms. The number of carbonyl (C=O) groups excluding carboxylic acids is 8. The first-order valence-electron chi connectivity index (χ1n) is 20.5. The van der Waals surface area contributed by atoms with Crippen molar-refractivity contribution in [2.45, 2.75) is 83.8 Å². The summed E-state index contributed by atoms with van der Waals surface area (Å²) >= 11 is 1.17. The normalized spacial score (nSPS) is 21.9. The van der Waals surface area contributed by atoms with Gasteiger partial charge in [0.1, 0.15) is 41.1 Å². The van der Waals surface area contributed by atoms with Gasteiger partial charge in [0.2, 0.25) is 35.8 Å². The molecule has 1 aliphatic heterocycles. The van der Waals surface area contributed by atoms with Crippen LogP contribution in [0.15, 0.2) is 47.7 Å². The van der Waals surface area contributed by atoms with Gasteiger partial charge in [-0.25, -0.2) is 4.98 Å². The molecule has 21 heteroatoms. The summed E-state index contributed by atoms with van der Waals surface area (Å²) in [6.07, 6.45) is 5.40. The van der Waals surface area contributed by atoms with E-state index < -0.39 is 95.9 Å². The third kappa shape index (κ3) is 13.8. The van der Waals surface area contributed by atoms with Crippen LogP contribution >= 0.6 is 11.3 Å². The molecule has 0 aliphatic carbocycles. The summed E-state index contributed by atoms with van der Waals surface area (Å²) in [4.78, 5) is 114. The van der Waals surface area contributed by atoms with Crippen LogP contribution < -0.4 is 42.5 Å². The van der Waals surface area contributed by atoms with Gasteiger partial charge in [-0.3, -0.25) is 38.4 Å². The van der Waals surface area contributed by atoms with Crippen molar-refractivity contribution in [1.29, 1.82) is 0 Å². The zero-order valence-corrected chi connectivity index (χ0v) is 36.7. The van der Waals surface area contributed by atoms with Gasteiger partial charge in [0.25, 0.3) is 11.8 Å². The number of para-hydroxylation sites is 1. The summed E-state index contributed by atoms with van der Waals surface area (Å²) in [7, 11) is 1.42. The van der Waals surface area contributed by atoms with Gasteiger partial charge in [-0.15, -0.1) is 11.3 Å². The van der Waals surface area contributed by atoms with Gasteiger partial charge in [0.15, 0.2) is 0 Å². The number of fused-ring (bicyclic) bond motifs is 3. The quantitative estimate of drug-likeness (QED) is 0.0750. The van der Waals surface area contributed by atoms with Crippen LogP contribution in [0.4, 0.5) is 0 Å². The molecule has 3 heterocycles. The molecule has 7 amide bonds. The van der Waals surface area contributed by atoms with Crippen LogP contribution in [0.5, 0.6) is 0 Å². The van der Waals surface area contributed by atoms with E-state index in [0.29, 0.717) is 35.5 Å². The Morgan fingerprint density at radius 3 is 2.46 bits per heavy atom. The van der Waals surface area contributed by atoms with Crippen molar-refractivity contribution < 1.29 is 48.2 Å². The first-order chi connectivity index (χ1) is 30.1. The molecular weight excluding hydrogens is 837 g/mol. The molecule has 0 fully saturated rings. The van der Waals surface area contributed by atoms with E-state index in [-0.39, 0.29) is 19.0 Å². The van der Waals surface area contributed by atoms with Crippen molar-refractivity contribution in [1.82, 2.24) is 52.5 Å². The molecule has 340 valence electrons. The predicted molar refractivity (Wildman–Crippen MR) is 234 cm³/mol. The minimum Gasteiger partial charge on any atom is -0.382 e. The lowest BCUT2D eigenvalue weighted by Gasteiger charge is -2.29. The lowest BCUT2D eigenvalue weighted by Crippen LogP contribution is -2.61. The second-order valence-corrected chi connectivity index (χ2v) is 16.0. The Hall–Kier alpha value is -6.45. The summed E-state index contributed by atoms with van der Waals surface area (Å²) in [5.74, 6) is -6.95. The summed E-state index contributed by atoms with van der Waals surface area (Å²) in [6.45, 7) is 7.41.